The molecule has 0 radical (unpaired) electrons. The Hall–Kier alpha value is -1.56. The standard InChI is InChI=1S/C11H16N2O4/c14-8-5-9(10(15)16)13(6-8)11(17)12-7-3-1-2-4-7/h1-2,7-9,14H,3-6H2,(H,12,17)(H,15,16)/t8-,9-/m1/s1. The van der Waals surface area contributed by atoms with Crippen LogP contribution in [0.3, 0.4) is 0 Å². The van der Waals surface area contributed by atoms with Crippen molar-refractivity contribution in [3.05, 3.63) is 12.2 Å². The average Bonchev–Trinajstić information content (AvgIpc) is 2.86. The molecule has 2 rings (SSSR count). The summed E-state index contributed by atoms with van der Waals surface area (Å²) in [7, 11) is 0. The zero-order valence-electron chi connectivity index (χ0n) is 9.37. The van der Waals surface area contributed by atoms with Gasteiger partial charge < -0.3 is 20.4 Å². The maximum absolute atomic E-state index is 11.9. The Bertz CT molecular complexity index is 347. The molecular weight excluding hydrogens is 224 g/mol. The highest BCUT2D eigenvalue weighted by atomic mass is 16.4. The molecule has 0 aromatic carbocycles. The predicted molar refractivity (Wildman–Crippen MR) is 59.4 cm³/mol. The van der Waals surface area contributed by atoms with Gasteiger partial charge in [-0.25, -0.2) is 9.59 Å². The van der Waals surface area contributed by atoms with Gasteiger partial charge >= 0.3 is 12.0 Å². The molecule has 1 fully saturated rings. The Balaban J connectivity index is 1.95. The smallest absolute Gasteiger partial charge is 0.326 e. The summed E-state index contributed by atoms with van der Waals surface area (Å²) in [4.78, 5) is 24.0. The fourth-order valence-corrected chi connectivity index (χ4v) is 2.26. The summed E-state index contributed by atoms with van der Waals surface area (Å²) >= 11 is 0. The van der Waals surface area contributed by atoms with E-state index in [0.717, 1.165) is 12.8 Å². The summed E-state index contributed by atoms with van der Waals surface area (Å²) < 4.78 is 0. The fourth-order valence-electron chi connectivity index (χ4n) is 2.26. The van der Waals surface area contributed by atoms with Crippen LogP contribution in [-0.2, 0) is 4.79 Å². The van der Waals surface area contributed by atoms with Crippen LogP contribution < -0.4 is 5.32 Å². The monoisotopic (exact) mass is 240 g/mol. The van der Waals surface area contributed by atoms with E-state index in [0.29, 0.717) is 0 Å². The quantitative estimate of drug-likeness (QED) is 0.589. The first-order valence-electron chi connectivity index (χ1n) is 5.71. The second kappa shape index (κ2) is 4.75. The van der Waals surface area contributed by atoms with Gasteiger partial charge in [0.15, 0.2) is 0 Å². The van der Waals surface area contributed by atoms with Gasteiger partial charge in [-0.1, -0.05) is 12.2 Å². The molecule has 0 saturated carbocycles. The summed E-state index contributed by atoms with van der Waals surface area (Å²) in [5.74, 6) is -1.07. The van der Waals surface area contributed by atoms with Crippen molar-refractivity contribution in [1.82, 2.24) is 10.2 Å². The van der Waals surface area contributed by atoms with E-state index in [-0.39, 0.29) is 19.0 Å². The minimum absolute atomic E-state index is 0.0506. The van der Waals surface area contributed by atoms with Gasteiger partial charge in [-0.2, -0.15) is 0 Å². The van der Waals surface area contributed by atoms with Gasteiger partial charge in [-0.3, -0.25) is 0 Å². The number of hydrogen-bond acceptors (Lipinski definition) is 3. The van der Waals surface area contributed by atoms with Crippen LogP contribution in [0.2, 0.25) is 0 Å². The van der Waals surface area contributed by atoms with E-state index in [4.69, 9.17) is 5.11 Å². The first-order chi connectivity index (χ1) is 8.08. The van der Waals surface area contributed by atoms with E-state index in [1.807, 2.05) is 12.2 Å². The van der Waals surface area contributed by atoms with Crippen molar-refractivity contribution in [2.45, 2.75) is 37.5 Å². The molecule has 1 heterocycles. The van der Waals surface area contributed by atoms with Crippen molar-refractivity contribution in [3.8, 4) is 0 Å². The summed E-state index contributed by atoms with van der Waals surface area (Å²) in [6.45, 7) is 0.0863. The van der Waals surface area contributed by atoms with Crippen LogP contribution in [0.1, 0.15) is 19.3 Å². The number of aliphatic hydroxyl groups excluding tert-OH is 1. The van der Waals surface area contributed by atoms with Crippen LogP contribution >= 0.6 is 0 Å². The van der Waals surface area contributed by atoms with Crippen molar-refractivity contribution in [1.29, 1.82) is 0 Å². The Kier molecular flexibility index (Phi) is 3.33. The Morgan fingerprint density at radius 2 is 1.94 bits per heavy atom. The lowest BCUT2D eigenvalue weighted by Crippen LogP contribution is -2.48. The molecule has 1 aliphatic carbocycles. The third kappa shape index (κ3) is 2.58. The number of likely N-dealkylation sites (tertiary alicyclic amines) is 1. The van der Waals surface area contributed by atoms with E-state index in [9.17, 15) is 14.7 Å². The number of amides is 2. The molecule has 0 aromatic heterocycles. The SMILES string of the molecule is O=C(O)[C@H]1C[C@@H](O)CN1C(=O)NC1CC=CC1. The van der Waals surface area contributed by atoms with Gasteiger partial charge in [0, 0.05) is 19.0 Å². The number of carboxylic acid groups (broad SMARTS) is 1. The molecule has 0 bridgehead atoms. The second-order valence-corrected chi connectivity index (χ2v) is 4.49. The number of carbonyl (C=O) groups is 2. The van der Waals surface area contributed by atoms with E-state index in [1.165, 1.54) is 4.90 Å². The highest BCUT2D eigenvalue weighted by Crippen LogP contribution is 2.19. The average molecular weight is 240 g/mol. The molecule has 3 N–H and O–H groups in total. The van der Waals surface area contributed by atoms with Gasteiger partial charge in [0.25, 0.3) is 0 Å². The molecule has 94 valence electrons. The predicted octanol–water partition coefficient (Wildman–Crippen LogP) is -0.0656. The van der Waals surface area contributed by atoms with Crippen molar-refractivity contribution in [2.75, 3.05) is 6.54 Å². The number of rotatable bonds is 2. The third-order valence-electron chi connectivity index (χ3n) is 3.16. The Morgan fingerprint density at radius 3 is 2.53 bits per heavy atom. The minimum Gasteiger partial charge on any atom is -0.480 e. The van der Waals surface area contributed by atoms with Crippen molar-refractivity contribution in [3.63, 3.8) is 0 Å². The third-order valence-corrected chi connectivity index (χ3v) is 3.16. The van der Waals surface area contributed by atoms with Gasteiger partial charge in [0.05, 0.1) is 6.10 Å². The van der Waals surface area contributed by atoms with Gasteiger partial charge in [-0.15, -0.1) is 0 Å². The summed E-state index contributed by atoms with van der Waals surface area (Å²) in [5.41, 5.74) is 0. The fraction of sp³-hybridized carbons (Fsp3) is 0.636. The largest absolute Gasteiger partial charge is 0.480 e. The van der Waals surface area contributed by atoms with Crippen LogP contribution in [0.4, 0.5) is 4.79 Å². The van der Waals surface area contributed by atoms with Gasteiger partial charge in [0.2, 0.25) is 0 Å². The van der Waals surface area contributed by atoms with Crippen LogP contribution in [0.25, 0.3) is 0 Å². The molecule has 6 nitrogen and oxygen atoms in total. The summed E-state index contributed by atoms with van der Waals surface area (Å²) in [5, 5.41) is 21.2. The zero-order valence-corrected chi connectivity index (χ0v) is 9.37. The summed E-state index contributed by atoms with van der Waals surface area (Å²) in [6, 6.07) is -1.27. The van der Waals surface area contributed by atoms with E-state index < -0.39 is 24.1 Å². The van der Waals surface area contributed by atoms with Crippen LogP contribution in [-0.4, -0.2) is 51.8 Å². The number of aliphatic carboxylic acids is 1. The lowest BCUT2D eigenvalue weighted by atomic mass is 10.2. The van der Waals surface area contributed by atoms with E-state index in [1.54, 1.807) is 0 Å². The molecule has 2 aliphatic rings. The summed E-state index contributed by atoms with van der Waals surface area (Å²) in [6.07, 6.45) is 4.88. The molecule has 2 atom stereocenters. The van der Waals surface area contributed by atoms with Crippen LogP contribution in [0.5, 0.6) is 0 Å². The molecule has 1 saturated heterocycles. The normalized spacial score (nSPS) is 28.6. The Morgan fingerprint density at radius 1 is 1.29 bits per heavy atom. The number of urea groups is 1. The maximum Gasteiger partial charge on any atom is 0.326 e. The van der Waals surface area contributed by atoms with Crippen LogP contribution in [0, 0.1) is 0 Å². The molecular formula is C11H16N2O4. The van der Waals surface area contributed by atoms with Crippen molar-refractivity contribution >= 4 is 12.0 Å². The topological polar surface area (TPSA) is 89.9 Å². The molecule has 6 heteroatoms. The van der Waals surface area contributed by atoms with E-state index in [2.05, 4.69) is 5.32 Å². The number of carboxylic acids is 1. The van der Waals surface area contributed by atoms with Gasteiger partial charge in [0.1, 0.15) is 6.04 Å². The number of hydrogen-bond donors (Lipinski definition) is 3. The highest BCUT2D eigenvalue weighted by molar-refractivity contribution is 5.83. The van der Waals surface area contributed by atoms with Gasteiger partial charge in [-0.05, 0) is 12.8 Å². The zero-order chi connectivity index (χ0) is 12.4. The molecule has 2 amide bonds. The number of carbonyl (C=O) groups excluding carboxylic acids is 1. The second-order valence-electron chi connectivity index (χ2n) is 4.49. The minimum atomic E-state index is -1.07. The lowest BCUT2D eigenvalue weighted by Gasteiger charge is -2.23. The van der Waals surface area contributed by atoms with E-state index >= 15 is 0 Å². The molecule has 0 aromatic rings. The molecule has 0 spiro atoms. The number of nitrogens with zero attached hydrogens (tertiary/aromatic N) is 1. The molecule has 0 unspecified atom stereocenters. The maximum atomic E-state index is 11.9. The first kappa shape index (κ1) is 11.9. The lowest BCUT2D eigenvalue weighted by molar-refractivity contribution is -0.141. The Labute approximate surface area is 98.9 Å². The molecule has 17 heavy (non-hydrogen) atoms. The van der Waals surface area contributed by atoms with Crippen molar-refractivity contribution < 1.29 is 19.8 Å². The number of β-amino-alcohol motifs (C(OH)–C–C–N with tert-alkyl or cyclic N) is 1. The number of aliphatic hydroxyl groups is 1. The van der Waals surface area contributed by atoms with Crippen molar-refractivity contribution in [2.24, 2.45) is 0 Å². The number of nitrogens with one attached hydrogen (secondary N) is 1. The highest BCUT2D eigenvalue weighted by Gasteiger charge is 2.39. The first-order valence-corrected chi connectivity index (χ1v) is 5.71. The van der Waals surface area contributed by atoms with Crippen LogP contribution in [0.15, 0.2) is 12.2 Å². The molecule has 1 aliphatic heterocycles.